The van der Waals surface area contributed by atoms with E-state index in [1.54, 1.807) is 6.92 Å². The van der Waals surface area contributed by atoms with Gasteiger partial charge in [0.05, 0.1) is 11.8 Å². The van der Waals surface area contributed by atoms with Crippen LogP contribution in [0.4, 0.5) is 0 Å². The molecular formula is C15H23N5O. The van der Waals surface area contributed by atoms with Crippen molar-refractivity contribution in [3.05, 3.63) is 44.9 Å². The molecule has 2 aromatic heterocycles. The van der Waals surface area contributed by atoms with Gasteiger partial charge in [0.25, 0.3) is 5.56 Å². The maximum atomic E-state index is 12.0. The summed E-state index contributed by atoms with van der Waals surface area (Å²) in [6.07, 6.45) is 3.85. The fourth-order valence-corrected chi connectivity index (χ4v) is 2.57. The topological polar surface area (TPSA) is 86.5 Å². The van der Waals surface area contributed by atoms with E-state index in [-0.39, 0.29) is 11.6 Å². The summed E-state index contributed by atoms with van der Waals surface area (Å²) in [4.78, 5) is 19.1. The molecule has 2 aromatic rings. The molecule has 2 rings (SSSR count). The molecule has 0 aliphatic heterocycles. The zero-order valence-corrected chi connectivity index (χ0v) is 13.1. The van der Waals surface area contributed by atoms with E-state index in [0.717, 1.165) is 36.3 Å². The second kappa shape index (κ2) is 6.67. The van der Waals surface area contributed by atoms with E-state index in [9.17, 15) is 4.79 Å². The Kier molecular flexibility index (Phi) is 4.90. The molecule has 21 heavy (non-hydrogen) atoms. The fourth-order valence-electron chi connectivity index (χ4n) is 2.57. The minimum Gasteiger partial charge on any atom is -0.310 e. The summed E-state index contributed by atoms with van der Waals surface area (Å²) >= 11 is 0. The van der Waals surface area contributed by atoms with E-state index < -0.39 is 0 Å². The second-order valence-corrected chi connectivity index (χ2v) is 5.45. The summed E-state index contributed by atoms with van der Waals surface area (Å²) in [6, 6.07) is -0.00713. The molecule has 6 nitrogen and oxygen atoms in total. The summed E-state index contributed by atoms with van der Waals surface area (Å²) in [5.74, 6) is 0.656. The van der Waals surface area contributed by atoms with Crippen LogP contribution in [0.1, 0.15) is 47.7 Å². The number of hydrogen-bond donors (Lipinski definition) is 3. The molecule has 0 amide bonds. The number of nitrogens with one attached hydrogen (secondary N) is 3. The van der Waals surface area contributed by atoms with Crippen molar-refractivity contribution in [3.63, 3.8) is 0 Å². The molecule has 2 heterocycles. The maximum absolute atomic E-state index is 12.0. The van der Waals surface area contributed by atoms with Gasteiger partial charge in [-0.05, 0) is 52.6 Å². The van der Waals surface area contributed by atoms with Crippen LogP contribution in [0.2, 0.25) is 0 Å². The number of aromatic nitrogens is 4. The normalized spacial score (nSPS) is 12.6. The average molecular weight is 289 g/mol. The predicted octanol–water partition coefficient (Wildman–Crippen LogP) is 1.70. The largest absolute Gasteiger partial charge is 0.310 e. The summed E-state index contributed by atoms with van der Waals surface area (Å²) in [6.45, 7) is 8.55. The van der Waals surface area contributed by atoms with Crippen LogP contribution in [0.15, 0.2) is 11.0 Å². The fraction of sp³-hybridized carbons (Fsp3) is 0.533. The van der Waals surface area contributed by atoms with Crippen LogP contribution < -0.4 is 10.9 Å². The number of hydrogen-bond acceptors (Lipinski definition) is 4. The van der Waals surface area contributed by atoms with Gasteiger partial charge in [-0.1, -0.05) is 0 Å². The molecular weight excluding hydrogens is 266 g/mol. The van der Waals surface area contributed by atoms with Crippen molar-refractivity contribution in [2.75, 3.05) is 6.54 Å². The van der Waals surface area contributed by atoms with Gasteiger partial charge in [-0.3, -0.25) is 9.89 Å². The first kappa shape index (κ1) is 15.4. The van der Waals surface area contributed by atoms with Gasteiger partial charge in [0.15, 0.2) is 0 Å². The highest BCUT2D eigenvalue weighted by Crippen LogP contribution is 2.11. The Morgan fingerprint density at radius 1 is 1.33 bits per heavy atom. The first-order valence-corrected chi connectivity index (χ1v) is 7.28. The SMILES string of the molecule is Cc1nc(C)c(C(C)NCCCc2cn[nH]c2C)c(=O)[nH]1. The molecule has 0 aromatic carbocycles. The van der Waals surface area contributed by atoms with Gasteiger partial charge < -0.3 is 10.3 Å². The number of aryl methyl sites for hydroxylation is 4. The van der Waals surface area contributed by atoms with Crippen LogP contribution in [-0.2, 0) is 6.42 Å². The lowest BCUT2D eigenvalue weighted by atomic mass is 10.1. The van der Waals surface area contributed by atoms with E-state index in [1.807, 2.05) is 27.0 Å². The Morgan fingerprint density at radius 3 is 2.71 bits per heavy atom. The molecule has 1 unspecified atom stereocenters. The number of rotatable bonds is 6. The van der Waals surface area contributed by atoms with Gasteiger partial charge >= 0.3 is 0 Å². The Balaban J connectivity index is 1.89. The highest BCUT2D eigenvalue weighted by atomic mass is 16.1. The third-order valence-corrected chi connectivity index (χ3v) is 3.70. The first-order valence-electron chi connectivity index (χ1n) is 7.28. The molecule has 0 aliphatic rings. The maximum Gasteiger partial charge on any atom is 0.255 e. The van der Waals surface area contributed by atoms with Crippen LogP contribution in [0, 0.1) is 20.8 Å². The van der Waals surface area contributed by atoms with Crippen LogP contribution in [0.3, 0.4) is 0 Å². The van der Waals surface area contributed by atoms with Crippen molar-refractivity contribution in [2.45, 2.75) is 46.6 Å². The minimum atomic E-state index is -0.0503. The van der Waals surface area contributed by atoms with Gasteiger partial charge in [0, 0.05) is 17.4 Å². The lowest BCUT2D eigenvalue weighted by Gasteiger charge is -2.15. The Morgan fingerprint density at radius 2 is 2.10 bits per heavy atom. The minimum absolute atomic E-state index is 0.00713. The molecule has 0 radical (unpaired) electrons. The van der Waals surface area contributed by atoms with Crippen molar-refractivity contribution < 1.29 is 0 Å². The Labute approximate surface area is 124 Å². The highest BCUT2D eigenvalue weighted by molar-refractivity contribution is 5.20. The van der Waals surface area contributed by atoms with Crippen molar-refractivity contribution in [1.29, 1.82) is 0 Å². The number of aromatic amines is 2. The standard InChI is InChI=1S/C15H23N5O/c1-9-13(8-17-20-9)6-5-7-16-10(2)14-11(3)18-12(4)19-15(14)21/h8,10,16H,5-7H2,1-4H3,(H,17,20)(H,18,19,21). The summed E-state index contributed by atoms with van der Waals surface area (Å²) < 4.78 is 0. The van der Waals surface area contributed by atoms with Crippen molar-refractivity contribution in [2.24, 2.45) is 0 Å². The van der Waals surface area contributed by atoms with Crippen LogP contribution in [0.25, 0.3) is 0 Å². The van der Waals surface area contributed by atoms with Crippen LogP contribution in [-0.4, -0.2) is 26.7 Å². The monoisotopic (exact) mass is 289 g/mol. The number of nitrogens with zero attached hydrogens (tertiary/aromatic N) is 2. The zero-order chi connectivity index (χ0) is 15.4. The quantitative estimate of drug-likeness (QED) is 0.706. The van der Waals surface area contributed by atoms with Crippen molar-refractivity contribution in [1.82, 2.24) is 25.5 Å². The molecule has 3 N–H and O–H groups in total. The van der Waals surface area contributed by atoms with Gasteiger partial charge in [-0.25, -0.2) is 4.98 Å². The third kappa shape index (κ3) is 3.78. The number of H-pyrrole nitrogens is 2. The molecule has 6 heteroatoms. The molecule has 0 saturated heterocycles. The second-order valence-electron chi connectivity index (χ2n) is 5.45. The van der Waals surface area contributed by atoms with E-state index in [1.165, 1.54) is 5.56 Å². The van der Waals surface area contributed by atoms with Crippen LogP contribution in [0.5, 0.6) is 0 Å². The summed E-state index contributed by atoms with van der Waals surface area (Å²) in [5, 5.41) is 10.3. The zero-order valence-electron chi connectivity index (χ0n) is 13.1. The van der Waals surface area contributed by atoms with Crippen molar-refractivity contribution in [3.8, 4) is 0 Å². The smallest absolute Gasteiger partial charge is 0.255 e. The van der Waals surface area contributed by atoms with Gasteiger partial charge in [-0.2, -0.15) is 5.10 Å². The molecule has 1 atom stereocenters. The lowest BCUT2D eigenvalue weighted by molar-refractivity contribution is 0.548. The van der Waals surface area contributed by atoms with Crippen molar-refractivity contribution >= 4 is 0 Å². The van der Waals surface area contributed by atoms with E-state index in [4.69, 9.17) is 0 Å². The average Bonchev–Trinajstić information content (AvgIpc) is 2.79. The van der Waals surface area contributed by atoms with Gasteiger partial charge in [0.2, 0.25) is 0 Å². The molecule has 0 bridgehead atoms. The Hall–Kier alpha value is -1.95. The molecule has 114 valence electrons. The van der Waals surface area contributed by atoms with Gasteiger partial charge in [-0.15, -0.1) is 0 Å². The Bertz CT molecular complexity index is 658. The molecule has 0 aliphatic carbocycles. The van der Waals surface area contributed by atoms with E-state index >= 15 is 0 Å². The lowest BCUT2D eigenvalue weighted by Crippen LogP contribution is -2.28. The highest BCUT2D eigenvalue weighted by Gasteiger charge is 2.13. The van der Waals surface area contributed by atoms with Gasteiger partial charge in [0.1, 0.15) is 5.82 Å². The van der Waals surface area contributed by atoms with Crippen LogP contribution >= 0.6 is 0 Å². The summed E-state index contributed by atoms with van der Waals surface area (Å²) in [7, 11) is 0. The third-order valence-electron chi connectivity index (χ3n) is 3.70. The predicted molar refractivity (Wildman–Crippen MR) is 82.4 cm³/mol. The molecule has 0 spiro atoms. The summed E-state index contributed by atoms with van der Waals surface area (Å²) in [5.41, 5.74) is 3.83. The molecule has 0 fully saturated rings. The van der Waals surface area contributed by atoms with E-state index in [0.29, 0.717) is 5.82 Å². The van der Waals surface area contributed by atoms with E-state index in [2.05, 4.69) is 25.5 Å². The molecule has 0 saturated carbocycles. The first-order chi connectivity index (χ1) is 9.99.